The van der Waals surface area contributed by atoms with Gasteiger partial charge in [0.2, 0.25) is 5.91 Å². The number of carbonyl (C=O) groups is 1. The van der Waals surface area contributed by atoms with E-state index < -0.39 is 0 Å². The molecule has 1 amide bonds. The zero-order valence-corrected chi connectivity index (χ0v) is 7.94. The SMILES string of the molecule is C[C@@H]1N2C(=O)C[C@H]2SC1(C)C. The zero-order chi connectivity index (χ0) is 8.22. The van der Waals surface area contributed by atoms with Gasteiger partial charge < -0.3 is 4.90 Å². The van der Waals surface area contributed by atoms with Crippen molar-refractivity contribution in [2.75, 3.05) is 0 Å². The Hall–Kier alpha value is -0.180. The number of fused-ring (bicyclic) bond motifs is 1. The Morgan fingerprint density at radius 3 is 2.64 bits per heavy atom. The van der Waals surface area contributed by atoms with Gasteiger partial charge >= 0.3 is 0 Å². The second-order valence-corrected chi connectivity index (χ2v) is 5.69. The van der Waals surface area contributed by atoms with Crippen LogP contribution in [0.3, 0.4) is 0 Å². The first-order chi connectivity index (χ1) is 5.02. The maximum absolute atomic E-state index is 11.1. The fourth-order valence-corrected chi connectivity index (χ4v) is 3.40. The van der Waals surface area contributed by atoms with Gasteiger partial charge in [0, 0.05) is 10.8 Å². The molecule has 0 N–H and O–H groups in total. The summed E-state index contributed by atoms with van der Waals surface area (Å²) in [5, 5.41) is 0.493. The predicted octanol–water partition coefficient (Wildman–Crippen LogP) is 1.46. The molecule has 3 heteroatoms. The smallest absolute Gasteiger partial charge is 0.226 e. The van der Waals surface area contributed by atoms with Crippen LogP contribution in [0.15, 0.2) is 0 Å². The molecule has 0 aromatic rings. The molecule has 0 radical (unpaired) electrons. The highest BCUT2D eigenvalue weighted by molar-refractivity contribution is 8.01. The summed E-state index contributed by atoms with van der Waals surface area (Å²) in [5.41, 5.74) is 0. The van der Waals surface area contributed by atoms with E-state index in [0.717, 1.165) is 6.42 Å². The van der Waals surface area contributed by atoms with E-state index in [2.05, 4.69) is 20.8 Å². The van der Waals surface area contributed by atoms with Crippen molar-refractivity contribution in [1.29, 1.82) is 0 Å². The Labute approximate surface area is 71.3 Å². The van der Waals surface area contributed by atoms with Crippen LogP contribution in [0.25, 0.3) is 0 Å². The zero-order valence-electron chi connectivity index (χ0n) is 7.13. The largest absolute Gasteiger partial charge is 0.326 e. The quantitative estimate of drug-likeness (QED) is 0.514. The van der Waals surface area contributed by atoms with Crippen LogP contribution in [0.2, 0.25) is 0 Å². The molecule has 0 unspecified atom stereocenters. The van der Waals surface area contributed by atoms with Gasteiger partial charge in [-0.2, -0.15) is 0 Å². The maximum Gasteiger partial charge on any atom is 0.226 e. The third kappa shape index (κ3) is 0.835. The van der Waals surface area contributed by atoms with Gasteiger partial charge in [-0.15, -0.1) is 11.8 Å². The van der Waals surface area contributed by atoms with Crippen LogP contribution in [-0.4, -0.2) is 27.0 Å². The average Bonchev–Trinajstić information content (AvgIpc) is 2.01. The van der Waals surface area contributed by atoms with Crippen molar-refractivity contribution in [3.63, 3.8) is 0 Å². The first-order valence-electron chi connectivity index (χ1n) is 4.01. The lowest BCUT2D eigenvalue weighted by Gasteiger charge is -2.37. The van der Waals surface area contributed by atoms with Gasteiger partial charge in [0.05, 0.1) is 11.8 Å². The summed E-state index contributed by atoms with van der Waals surface area (Å²) < 4.78 is 0.261. The Morgan fingerprint density at radius 1 is 1.64 bits per heavy atom. The molecule has 0 aromatic carbocycles. The number of nitrogens with zero attached hydrogens (tertiary/aromatic N) is 1. The Balaban J connectivity index is 2.22. The summed E-state index contributed by atoms with van der Waals surface area (Å²) in [6, 6.07) is 0.416. The molecule has 0 aromatic heterocycles. The third-order valence-corrected chi connectivity index (χ3v) is 4.43. The van der Waals surface area contributed by atoms with Gasteiger partial charge in [-0.05, 0) is 20.8 Å². The number of thioether (sulfide) groups is 1. The summed E-state index contributed by atoms with van der Waals surface area (Å²) >= 11 is 1.93. The summed E-state index contributed by atoms with van der Waals surface area (Å²) in [6.07, 6.45) is 0.762. The van der Waals surface area contributed by atoms with Gasteiger partial charge in [0.25, 0.3) is 0 Å². The molecule has 11 heavy (non-hydrogen) atoms. The van der Waals surface area contributed by atoms with Gasteiger partial charge in [-0.25, -0.2) is 0 Å². The fourth-order valence-electron chi connectivity index (χ4n) is 1.75. The van der Waals surface area contributed by atoms with Crippen LogP contribution in [0.1, 0.15) is 27.2 Å². The van der Waals surface area contributed by atoms with Crippen LogP contribution >= 0.6 is 11.8 Å². The molecule has 2 nitrogen and oxygen atoms in total. The molecule has 0 saturated carbocycles. The molecule has 2 fully saturated rings. The summed E-state index contributed by atoms with van der Waals surface area (Å²) in [6.45, 7) is 6.58. The van der Waals surface area contributed by atoms with E-state index in [1.165, 1.54) is 0 Å². The lowest BCUT2D eigenvalue weighted by atomic mass is 10.0. The van der Waals surface area contributed by atoms with E-state index in [1.54, 1.807) is 0 Å². The van der Waals surface area contributed by atoms with E-state index in [4.69, 9.17) is 0 Å². The lowest BCUT2D eigenvalue weighted by Crippen LogP contribution is -2.52. The molecular formula is C8H13NOS. The standard InChI is InChI=1S/C8H13NOS/c1-5-8(2,3)11-7-4-6(10)9(5)7/h5,7H,4H2,1-3H3/t5-,7+/m0/s1. The minimum Gasteiger partial charge on any atom is -0.326 e. The molecule has 0 bridgehead atoms. The highest BCUT2D eigenvalue weighted by atomic mass is 32.2. The molecule has 62 valence electrons. The molecule has 2 saturated heterocycles. The Morgan fingerprint density at radius 2 is 2.27 bits per heavy atom. The highest BCUT2D eigenvalue weighted by Crippen LogP contribution is 2.50. The average molecular weight is 171 g/mol. The van der Waals surface area contributed by atoms with Crippen LogP contribution in [-0.2, 0) is 4.79 Å². The molecule has 2 heterocycles. The molecule has 2 aliphatic rings. The molecule has 2 aliphatic heterocycles. The number of hydrogen-bond donors (Lipinski definition) is 0. The monoisotopic (exact) mass is 171 g/mol. The summed E-state index contributed by atoms with van der Waals surface area (Å²) in [4.78, 5) is 13.1. The maximum atomic E-state index is 11.1. The fraction of sp³-hybridized carbons (Fsp3) is 0.875. The van der Waals surface area contributed by atoms with Crippen molar-refractivity contribution in [2.45, 2.75) is 43.4 Å². The van der Waals surface area contributed by atoms with Crippen molar-refractivity contribution in [2.24, 2.45) is 0 Å². The van der Waals surface area contributed by atoms with Crippen molar-refractivity contribution in [3.8, 4) is 0 Å². The number of hydrogen-bond acceptors (Lipinski definition) is 2. The normalized spacial score (nSPS) is 40.3. The number of carbonyl (C=O) groups excluding carboxylic acids is 1. The van der Waals surface area contributed by atoms with Gasteiger partial charge in [0.1, 0.15) is 0 Å². The second-order valence-electron chi connectivity index (χ2n) is 3.86. The molecule has 2 atom stereocenters. The summed E-state index contributed by atoms with van der Waals surface area (Å²) in [7, 11) is 0. The van der Waals surface area contributed by atoms with E-state index in [9.17, 15) is 4.79 Å². The van der Waals surface area contributed by atoms with Gasteiger partial charge in [0.15, 0.2) is 0 Å². The summed E-state index contributed by atoms with van der Waals surface area (Å²) in [5.74, 6) is 0.334. The predicted molar refractivity (Wildman–Crippen MR) is 46.4 cm³/mol. The van der Waals surface area contributed by atoms with E-state index in [1.807, 2.05) is 16.7 Å². The van der Waals surface area contributed by atoms with Gasteiger partial charge in [-0.3, -0.25) is 4.79 Å². The van der Waals surface area contributed by atoms with Crippen molar-refractivity contribution in [1.82, 2.24) is 4.90 Å². The van der Waals surface area contributed by atoms with Gasteiger partial charge in [-0.1, -0.05) is 0 Å². The van der Waals surface area contributed by atoms with Crippen molar-refractivity contribution < 1.29 is 4.79 Å². The Bertz CT molecular complexity index is 214. The van der Waals surface area contributed by atoms with E-state index in [-0.39, 0.29) is 4.75 Å². The van der Waals surface area contributed by atoms with Crippen LogP contribution in [0.5, 0.6) is 0 Å². The van der Waals surface area contributed by atoms with Crippen molar-refractivity contribution in [3.05, 3.63) is 0 Å². The molecule has 2 rings (SSSR count). The van der Waals surface area contributed by atoms with Crippen LogP contribution < -0.4 is 0 Å². The van der Waals surface area contributed by atoms with Crippen molar-refractivity contribution >= 4 is 17.7 Å². The number of amides is 1. The Kier molecular flexibility index (Phi) is 1.32. The first-order valence-corrected chi connectivity index (χ1v) is 4.89. The van der Waals surface area contributed by atoms with E-state index >= 15 is 0 Å². The number of rotatable bonds is 0. The molecular weight excluding hydrogens is 158 g/mol. The minimum absolute atomic E-state index is 0.261. The van der Waals surface area contributed by atoms with Crippen LogP contribution in [0, 0.1) is 0 Å². The molecule has 0 spiro atoms. The number of β-lactam (4-membered cyclic amide) rings is 1. The third-order valence-electron chi connectivity index (χ3n) is 2.81. The topological polar surface area (TPSA) is 20.3 Å². The minimum atomic E-state index is 0.261. The first kappa shape index (κ1) is 7.47. The lowest BCUT2D eigenvalue weighted by molar-refractivity contribution is -0.143. The second kappa shape index (κ2) is 1.94. The molecule has 0 aliphatic carbocycles. The van der Waals surface area contributed by atoms with E-state index in [0.29, 0.717) is 17.3 Å². The highest BCUT2D eigenvalue weighted by Gasteiger charge is 2.53. The van der Waals surface area contributed by atoms with Crippen LogP contribution in [0.4, 0.5) is 0 Å².